The predicted molar refractivity (Wildman–Crippen MR) is 235 cm³/mol. The third kappa shape index (κ3) is 5.63. The second kappa shape index (κ2) is 12.3. The van der Waals surface area contributed by atoms with E-state index in [1.807, 2.05) is 40.7 Å². The first-order valence-corrected chi connectivity index (χ1v) is 20.8. The zero-order valence-electron chi connectivity index (χ0n) is 36.9. The lowest BCUT2D eigenvalue weighted by Crippen LogP contribution is -2.38. The fraction of sp³-hybridized carbons (Fsp3) is 0.358. The Balaban J connectivity index is 1.42. The fourth-order valence-corrected chi connectivity index (χ4v) is 9.60. The van der Waals surface area contributed by atoms with Crippen LogP contribution in [0.15, 0.2) is 97.3 Å². The van der Waals surface area contributed by atoms with E-state index in [1.165, 1.54) is 61.2 Å². The third-order valence-electron chi connectivity index (χ3n) is 12.6. The Hall–Kier alpha value is -5.42. The Morgan fingerprint density at radius 2 is 1.19 bits per heavy atom. The molecule has 5 aromatic carbocycles. The Morgan fingerprint density at radius 1 is 0.603 bits per heavy atom. The van der Waals surface area contributed by atoms with E-state index in [-0.39, 0.29) is 21.7 Å². The van der Waals surface area contributed by atoms with Gasteiger partial charge in [-0.05, 0) is 102 Å². The van der Waals surface area contributed by atoms with Crippen LogP contribution in [-0.2, 0) is 41.2 Å². The molecular formula is C53H58N4O. The van der Waals surface area contributed by atoms with Crippen LogP contribution in [0.1, 0.15) is 128 Å². The smallest absolute Gasteiger partial charge is 0.244 e. The molecule has 0 atom stereocenters. The van der Waals surface area contributed by atoms with Crippen molar-refractivity contribution < 1.29 is 13.9 Å². The summed E-state index contributed by atoms with van der Waals surface area (Å²) < 4.78 is 15.1. The number of aromatic nitrogens is 4. The summed E-state index contributed by atoms with van der Waals surface area (Å²) in [6.45, 7) is 28.5. The summed E-state index contributed by atoms with van der Waals surface area (Å²) in [6.07, 6.45) is 11.1. The minimum atomic E-state index is -0.620. The third-order valence-corrected chi connectivity index (χ3v) is 12.6. The molecule has 3 heterocycles. The van der Waals surface area contributed by atoms with Gasteiger partial charge in [0.15, 0.2) is 0 Å². The molecule has 0 N–H and O–H groups in total. The van der Waals surface area contributed by atoms with Crippen LogP contribution in [-0.4, -0.2) is 9.13 Å². The fourth-order valence-electron chi connectivity index (χ4n) is 9.60. The van der Waals surface area contributed by atoms with Crippen molar-refractivity contribution in [3.63, 3.8) is 0 Å². The maximum Gasteiger partial charge on any atom is 0.244 e. The Kier molecular flexibility index (Phi) is 8.08. The summed E-state index contributed by atoms with van der Waals surface area (Å²) in [5, 5.41) is 0. The Morgan fingerprint density at radius 3 is 1.74 bits per heavy atom. The van der Waals surface area contributed by atoms with Crippen LogP contribution in [0.3, 0.4) is 0 Å². The van der Waals surface area contributed by atoms with E-state index in [9.17, 15) is 0 Å². The molecule has 0 fully saturated rings. The number of rotatable bonds is 3. The van der Waals surface area contributed by atoms with Crippen molar-refractivity contribution in [3.8, 4) is 34.0 Å². The number of imidazole rings is 2. The second-order valence-corrected chi connectivity index (χ2v) is 21.0. The molecule has 5 nitrogen and oxygen atoms in total. The van der Waals surface area contributed by atoms with E-state index in [1.54, 1.807) is 0 Å². The molecule has 0 bridgehead atoms. The Labute approximate surface area is 345 Å². The minimum Gasteiger partial charge on any atom is -0.459 e. The summed E-state index contributed by atoms with van der Waals surface area (Å²) in [6, 6.07) is 32.1. The average molecular weight is 767 g/mol. The monoisotopic (exact) mass is 766 g/mol. The Bertz CT molecular complexity index is 2740. The first-order chi connectivity index (χ1) is 27.1. The van der Waals surface area contributed by atoms with Gasteiger partial charge in [-0.1, -0.05) is 144 Å². The molecule has 296 valence electrons. The van der Waals surface area contributed by atoms with Gasteiger partial charge in [0.25, 0.3) is 0 Å². The average Bonchev–Trinajstić information content (AvgIpc) is 3.81. The van der Waals surface area contributed by atoms with E-state index in [0.29, 0.717) is 0 Å². The molecule has 7 aromatic rings. The standard InChI is InChI=1S/C53H58N4O/c1-49(2,3)33-25-38-39-26-34(50(4,5)6)28-43(52(10,11)12)47(39)53(46(38)42(27-33)51(7,8)9)40-22-21-37(58-36-18-15-17-35(29-36)56-24-23-54(13)31-56)30-45(40)57-32-55(14)44-20-16-19-41(53)48(44)57/h15-30H,1-14H3. The SMILES string of the molecule is Cn1[c-][n+](-c2cccc(Oc3ccc4c(c3)-n3[c-][n+](C)c5cccc(c53)C43c4c(cc(C(C)(C)C)cc4C(C)(C)C)-c4cc(C(C)(C)C)cc(C(C)(C)C)c43)c2)cc1. The summed E-state index contributed by atoms with van der Waals surface area (Å²) in [5.41, 5.74) is 17.0. The van der Waals surface area contributed by atoms with Gasteiger partial charge in [-0.15, -0.1) is 0 Å². The number of fused-ring (bicyclic) bond motifs is 9. The van der Waals surface area contributed by atoms with E-state index >= 15 is 0 Å². The minimum absolute atomic E-state index is 0.0398. The highest BCUT2D eigenvalue weighted by Gasteiger charge is 2.54. The molecule has 5 heteroatoms. The van der Waals surface area contributed by atoms with Gasteiger partial charge < -0.3 is 23.0 Å². The predicted octanol–water partition coefficient (Wildman–Crippen LogP) is 11.3. The van der Waals surface area contributed by atoms with Crippen LogP contribution < -0.4 is 13.9 Å². The largest absolute Gasteiger partial charge is 0.459 e. The van der Waals surface area contributed by atoms with Crippen molar-refractivity contribution >= 4 is 11.0 Å². The van der Waals surface area contributed by atoms with Crippen molar-refractivity contribution in [1.29, 1.82) is 0 Å². The van der Waals surface area contributed by atoms with E-state index in [2.05, 4.69) is 185 Å². The number of hydrogen-bond donors (Lipinski definition) is 0. The van der Waals surface area contributed by atoms with Crippen LogP contribution in [0, 0.1) is 12.7 Å². The maximum atomic E-state index is 6.79. The molecule has 0 saturated heterocycles. The van der Waals surface area contributed by atoms with Crippen LogP contribution in [0.25, 0.3) is 33.5 Å². The van der Waals surface area contributed by atoms with Gasteiger partial charge in [0, 0.05) is 12.4 Å². The van der Waals surface area contributed by atoms with Crippen molar-refractivity contribution in [2.45, 2.75) is 110 Å². The number of hydrogen-bond acceptors (Lipinski definition) is 1. The number of ether oxygens (including phenoxy) is 1. The zero-order valence-corrected chi connectivity index (χ0v) is 36.9. The van der Waals surface area contributed by atoms with E-state index < -0.39 is 5.41 Å². The molecule has 1 spiro atoms. The molecule has 0 amide bonds. The van der Waals surface area contributed by atoms with Gasteiger partial charge in [0.2, 0.25) is 12.7 Å². The zero-order chi connectivity index (χ0) is 41.5. The topological polar surface area (TPSA) is 26.8 Å². The van der Waals surface area contributed by atoms with Crippen molar-refractivity contribution in [2.24, 2.45) is 14.1 Å². The normalized spacial score (nSPS) is 14.5. The lowest BCUT2D eigenvalue weighted by Gasteiger charge is -2.45. The number of aryl methyl sites for hydroxylation is 2. The molecule has 2 aromatic heterocycles. The molecular weight excluding hydrogens is 709 g/mol. The van der Waals surface area contributed by atoms with Crippen molar-refractivity contribution in [3.05, 3.63) is 154 Å². The highest BCUT2D eigenvalue weighted by molar-refractivity contribution is 5.97. The highest BCUT2D eigenvalue weighted by atomic mass is 16.5. The summed E-state index contributed by atoms with van der Waals surface area (Å²) in [5.74, 6) is 1.55. The first kappa shape index (κ1) is 38.1. The van der Waals surface area contributed by atoms with Crippen molar-refractivity contribution in [2.75, 3.05) is 0 Å². The summed E-state index contributed by atoms with van der Waals surface area (Å²) in [4.78, 5) is 0. The molecule has 0 radical (unpaired) electrons. The van der Waals surface area contributed by atoms with Gasteiger partial charge in [0.1, 0.15) is 11.5 Å². The maximum absolute atomic E-state index is 6.79. The first-order valence-electron chi connectivity index (χ1n) is 20.8. The highest BCUT2D eigenvalue weighted by Crippen LogP contribution is 2.64. The quantitative estimate of drug-likeness (QED) is 0.130. The lowest BCUT2D eigenvalue weighted by molar-refractivity contribution is -0.649. The lowest BCUT2D eigenvalue weighted by atomic mass is 9.60. The molecule has 9 rings (SSSR count). The van der Waals surface area contributed by atoms with Crippen LogP contribution >= 0.6 is 0 Å². The van der Waals surface area contributed by atoms with Gasteiger partial charge >= 0.3 is 0 Å². The van der Waals surface area contributed by atoms with E-state index in [4.69, 9.17) is 4.74 Å². The van der Waals surface area contributed by atoms with Crippen LogP contribution in [0.5, 0.6) is 11.5 Å². The van der Waals surface area contributed by atoms with E-state index in [0.717, 1.165) is 28.4 Å². The summed E-state index contributed by atoms with van der Waals surface area (Å²) in [7, 11) is 4.10. The molecule has 0 unspecified atom stereocenters. The van der Waals surface area contributed by atoms with Crippen LogP contribution in [0.4, 0.5) is 0 Å². The van der Waals surface area contributed by atoms with Crippen LogP contribution in [0.2, 0.25) is 0 Å². The molecule has 2 aliphatic rings. The number of para-hydroxylation sites is 1. The summed E-state index contributed by atoms with van der Waals surface area (Å²) >= 11 is 0. The van der Waals surface area contributed by atoms with Gasteiger partial charge in [0.05, 0.1) is 41.9 Å². The molecule has 1 aliphatic heterocycles. The van der Waals surface area contributed by atoms with Gasteiger partial charge in [-0.3, -0.25) is 0 Å². The van der Waals surface area contributed by atoms with Crippen molar-refractivity contribution in [1.82, 2.24) is 9.13 Å². The molecule has 1 aliphatic carbocycles. The number of benzene rings is 5. The second-order valence-electron chi connectivity index (χ2n) is 21.0. The molecule has 58 heavy (non-hydrogen) atoms. The van der Waals surface area contributed by atoms with Gasteiger partial charge in [-0.25, -0.2) is 0 Å². The number of nitrogens with zero attached hydrogens (tertiary/aromatic N) is 4. The van der Waals surface area contributed by atoms with Gasteiger partial charge in [-0.2, -0.15) is 0 Å². The molecule has 0 saturated carbocycles.